The van der Waals surface area contributed by atoms with E-state index in [2.05, 4.69) is 16.3 Å². The normalized spacial score (nSPS) is 14.7. The average molecular weight is 294 g/mol. The molecule has 1 heterocycles. The Kier molecular flexibility index (Phi) is 4.42. The van der Waals surface area contributed by atoms with Crippen molar-refractivity contribution in [1.82, 2.24) is 0 Å². The quantitative estimate of drug-likeness (QED) is 0.918. The van der Waals surface area contributed by atoms with E-state index in [1.165, 1.54) is 24.8 Å². The highest BCUT2D eigenvalue weighted by Gasteiger charge is 2.18. The predicted octanol–water partition coefficient (Wildman–Crippen LogP) is 4.24. The van der Waals surface area contributed by atoms with Crippen molar-refractivity contribution in [2.75, 3.05) is 23.3 Å². The molecule has 0 aliphatic carbocycles. The number of rotatable bonds is 3. The molecule has 0 atom stereocenters. The smallest absolute Gasteiger partial charge is 0.257 e. The summed E-state index contributed by atoms with van der Waals surface area (Å²) in [6.07, 6.45) is 3.69. The van der Waals surface area contributed by atoms with Crippen LogP contribution in [0.1, 0.15) is 35.2 Å². The SMILES string of the molecule is Cc1ccc(NC(=O)c2ccccc2N2CCCCC2)cc1. The Morgan fingerprint density at radius 2 is 1.64 bits per heavy atom. The molecule has 0 bridgehead atoms. The van der Waals surface area contributed by atoms with Crippen LogP contribution in [0.15, 0.2) is 48.5 Å². The van der Waals surface area contributed by atoms with Gasteiger partial charge in [-0.1, -0.05) is 29.8 Å². The fourth-order valence-corrected chi connectivity index (χ4v) is 2.91. The zero-order chi connectivity index (χ0) is 15.4. The van der Waals surface area contributed by atoms with Crippen molar-refractivity contribution in [3.8, 4) is 0 Å². The molecule has 1 N–H and O–H groups in total. The number of nitrogens with one attached hydrogen (secondary N) is 1. The van der Waals surface area contributed by atoms with E-state index in [1.807, 2.05) is 49.4 Å². The highest BCUT2D eigenvalue weighted by atomic mass is 16.1. The number of benzene rings is 2. The minimum Gasteiger partial charge on any atom is -0.371 e. The van der Waals surface area contributed by atoms with Crippen LogP contribution in [-0.4, -0.2) is 19.0 Å². The van der Waals surface area contributed by atoms with E-state index in [-0.39, 0.29) is 5.91 Å². The van der Waals surface area contributed by atoms with Gasteiger partial charge in [-0.25, -0.2) is 0 Å². The first-order valence-electron chi connectivity index (χ1n) is 7.96. The fourth-order valence-electron chi connectivity index (χ4n) is 2.91. The molecule has 0 aromatic heterocycles. The van der Waals surface area contributed by atoms with Gasteiger partial charge in [0.2, 0.25) is 0 Å². The summed E-state index contributed by atoms with van der Waals surface area (Å²) >= 11 is 0. The maximum Gasteiger partial charge on any atom is 0.257 e. The van der Waals surface area contributed by atoms with Gasteiger partial charge in [-0.3, -0.25) is 4.79 Å². The number of para-hydroxylation sites is 1. The standard InChI is InChI=1S/C19H22N2O/c1-15-9-11-16(12-10-15)20-19(22)17-7-3-4-8-18(17)21-13-5-2-6-14-21/h3-4,7-12H,2,5-6,13-14H2,1H3,(H,20,22). The predicted molar refractivity (Wildman–Crippen MR) is 91.6 cm³/mol. The Labute approximate surface area is 132 Å². The second-order valence-corrected chi connectivity index (χ2v) is 5.89. The van der Waals surface area contributed by atoms with Gasteiger partial charge in [0, 0.05) is 24.5 Å². The number of amides is 1. The highest BCUT2D eigenvalue weighted by Crippen LogP contribution is 2.25. The summed E-state index contributed by atoms with van der Waals surface area (Å²) in [4.78, 5) is 15.0. The number of carbonyl (C=O) groups excluding carboxylic acids is 1. The van der Waals surface area contributed by atoms with Gasteiger partial charge < -0.3 is 10.2 Å². The zero-order valence-corrected chi connectivity index (χ0v) is 13.0. The lowest BCUT2D eigenvalue weighted by molar-refractivity contribution is 0.102. The molecular formula is C19H22N2O. The van der Waals surface area contributed by atoms with Crippen LogP contribution >= 0.6 is 0 Å². The molecule has 1 aliphatic rings. The number of hydrogen-bond donors (Lipinski definition) is 1. The molecule has 0 spiro atoms. The molecule has 3 rings (SSSR count). The van der Waals surface area contributed by atoms with Crippen LogP contribution in [-0.2, 0) is 0 Å². The first-order chi connectivity index (χ1) is 10.7. The second-order valence-electron chi connectivity index (χ2n) is 5.89. The molecule has 1 fully saturated rings. The molecule has 2 aromatic rings. The van der Waals surface area contributed by atoms with Gasteiger partial charge >= 0.3 is 0 Å². The highest BCUT2D eigenvalue weighted by molar-refractivity contribution is 6.08. The van der Waals surface area contributed by atoms with Gasteiger partial charge in [0.1, 0.15) is 0 Å². The first kappa shape index (κ1) is 14.6. The van der Waals surface area contributed by atoms with E-state index >= 15 is 0 Å². The van der Waals surface area contributed by atoms with Crippen molar-refractivity contribution < 1.29 is 4.79 Å². The Morgan fingerprint density at radius 3 is 2.36 bits per heavy atom. The van der Waals surface area contributed by atoms with Crippen molar-refractivity contribution in [1.29, 1.82) is 0 Å². The lowest BCUT2D eigenvalue weighted by atomic mass is 10.1. The Bertz CT molecular complexity index is 643. The minimum absolute atomic E-state index is 0.0370. The van der Waals surface area contributed by atoms with Crippen molar-refractivity contribution in [3.63, 3.8) is 0 Å². The summed E-state index contributed by atoms with van der Waals surface area (Å²) in [5, 5.41) is 3.00. The van der Waals surface area contributed by atoms with Crippen LogP contribution in [0.3, 0.4) is 0 Å². The monoisotopic (exact) mass is 294 g/mol. The molecule has 3 nitrogen and oxygen atoms in total. The lowest BCUT2D eigenvalue weighted by Crippen LogP contribution is -2.31. The van der Waals surface area contributed by atoms with Crippen LogP contribution in [0.2, 0.25) is 0 Å². The van der Waals surface area contributed by atoms with Crippen LogP contribution in [0.5, 0.6) is 0 Å². The van der Waals surface area contributed by atoms with Gasteiger partial charge in [-0.05, 0) is 50.5 Å². The second kappa shape index (κ2) is 6.65. The molecule has 0 unspecified atom stereocenters. The Hall–Kier alpha value is -2.29. The maximum absolute atomic E-state index is 12.6. The molecule has 0 saturated carbocycles. The van der Waals surface area contributed by atoms with Gasteiger partial charge in [-0.15, -0.1) is 0 Å². The fraction of sp³-hybridized carbons (Fsp3) is 0.316. The van der Waals surface area contributed by atoms with Gasteiger partial charge in [0.25, 0.3) is 5.91 Å². The van der Waals surface area contributed by atoms with Gasteiger partial charge in [-0.2, -0.15) is 0 Å². The largest absolute Gasteiger partial charge is 0.371 e. The molecule has 1 amide bonds. The van der Waals surface area contributed by atoms with E-state index in [4.69, 9.17) is 0 Å². The van der Waals surface area contributed by atoms with Crippen LogP contribution in [0.4, 0.5) is 11.4 Å². The van der Waals surface area contributed by atoms with E-state index in [9.17, 15) is 4.79 Å². The number of nitrogens with zero attached hydrogens (tertiary/aromatic N) is 1. The number of aryl methyl sites for hydroxylation is 1. The van der Waals surface area contributed by atoms with Gasteiger partial charge in [0.15, 0.2) is 0 Å². The molecule has 114 valence electrons. The number of hydrogen-bond acceptors (Lipinski definition) is 2. The molecular weight excluding hydrogens is 272 g/mol. The summed E-state index contributed by atoms with van der Waals surface area (Å²) in [7, 11) is 0. The maximum atomic E-state index is 12.6. The van der Waals surface area contributed by atoms with Crippen molar-refractivity contribution in [3.05, 3.63) is 59.7 Å². The summed E-state index contributed by atoms with van der Waals surface area (Å²) in [6.45, 7) is 4.11. The van der Waals surface area contributed by atoms with E-state index in [0.29, 0.717) is 0 Å². The van der Waals surface area contributed by atoms with E-state index in [0.717, 1.165) is 30.0 Å². The third kappa shape index (κ3) is 3.30. The summed E-state index contributed by atoms with van der Waals surface area (Å²) in [5.74, 6) is -0.0370. The molecule has 2 aromatic carbocycles. The third-order valence-electron chi connectivity index (χ3n) is 4.15. The third-order valence-corrected chi connectivity index (χ3v) is 4.15. The molecule has 0 radical (unpaired) electrons. The lowest BCUT2D eigenvalue weighted by Gasteiger charge is -2.30. The minimum atomic E-state index is -0.0370. The number of anilines is 2. The van der Waals surface area contributed by atoms with Crippen LogP contribution in [0, 0.1) is 6.92 Å². The summed E-state index contributed by atoms with van der Waals surface area (Å²) in [6, 6.07) is 15.8. The van der Waals surface area contributed by atoms with Crippen molar-refractivity contribution >= 4 is 17.3 Å². The van der Waals surface area contributed by atoms with Crippen molar-refractivity contribution in [2.45, 2.75) is 26.2 Å². The molecule has 22 heavy (non-hydrogen) atoms. The average Bonchev–Trinajstić information content (AvgIpc) is 2.58. The first-order valence-corrected chi connectivity index (χ1v) is 7.96. The topological polar surface area (TPSA) is 32.3 Å². The Morgan fingerprint density at radius 1 is 0.955 bits per heavy atom. The van der Waals surface area contributed by atoms with E-state index in [1.54, 1.807) is 0 Å². The summed E-state index contributed by atoms with van der Waals surface area (Å²) in [5.41, 5.74) is 3.83. The van der Waals surface area contributed by atoms with Crippen molar-refractivity contribution in [2.24, 2.45) is 0 Å². The zero-order valence-electron chi connectivity index (χ0n) is 13.0. The molecule has 3 heteroatoms. The number of piperidine rings is 1. The molecule has 1 saturated heterocycles. The summed E-state index contributed by atoms with van der Waals surface area (Å²) < 4.78 is 0. The van der Waals surface area contributed by atoms with Gasteiger partial charge in [0.05, 0.1) is 5.56 Å². The Balaban J connectivity index is 1.81. The van der Waals surface area contributed by atoms with Crippen LogP contribution in [0.25, 0.3) is 0 Å². The number of carbonyl (C=O) groups is 1. The van der Waals surface area contributed by atoms with E-state index < -0.39 is 0 Å². The van der Waals surface area contributed by atoms with Crippen LogP contribution < -0.4 is 10.2 Å². The molecule has 1 aliphatic heterocycles.